The lowest BCUT2D eigenvalue weighted by atomic mass is 10.1. The first-order valence-electron chi connectivity index (χ1n) is 9.72. The highest BCUT2D eigenvalue weighted by atomic mass is 32.2. The molecule has 0 fully saturated rings. The van der Waals surface area contributed by atoms with Gasteiger partial charge >= 0.3 is 0 Å². The van der Waals surface area contributed by atoms with Gasteiger partial charge in [0.05, 0.1) is 11.4 Å². The number of nitrogens with zero attached hydrogens (tertiary/aromatic N) is 3. The van der Waals surface area contributed by atoms with Gasteiger partial charge in [0.2, 0.25) is 15.9 Å². The Bertz CT molecular complexity index is 1230. The minimum atomic E-state index is -3.73. The maximum atomic E-state index is 13.3. The van der Waals surface area contributed by atoms with Gasteiger partial charge in [-0.3, -0.25) is 9.59 Å². The third-order valence-electron chi connectivity index (χ3n) is 4.84. The summed E-state index contributed by atoms with van der Waals surface area (Å²) in [7, 11) is -0.906. The van der Waals surface area contributed by atoms with Crippen molar-refractivity contribution in [1.29, 1.82) is 0 Å². The third kappa shape index (κ3) is 5.28. The maximum absolute atomic E-state index is 13.3. The van der Waals surface area contributed by atoms with E-state index in [0.717, 1.165) is 26.1 Å². The Kier molecular flexibility index (Phi) is 6.72. The van der Waals surface area contributed by atoms with E-state index in [1.54, 1.807) is 4.90 Å². The van der Waals surface area contributed by atoms with Crippen LogP contribution in [0.25, 0.3) is 0 Å². The van der Waals surface area contributed by atoms with Crippen LogP contribution in [0.2, 0.25) is 0 Å². The monoisotopic (exact) mass is 439 g/mol. The number of anilines is 1. The molecule has 8 heteroatoms. The van der Waals surface area contributed by atoms with E-state index in [4.69, 9.17) is 0 Å². The predicted molar refractivity (Wildman–Crippen MR) is 120 cm³/mol. The summed E-state index contributed by atoms with van der Waals surface area (Å²) in [6.45, 7) is 1.98. The third-order valence-corrected chi connectivity index (χ3v) is 6.64. The summed E-state index contributed by atoms with van der Waals surface area (Å²) in [5.74, 6) is -0.323. The van der Waals surface area contributed by atoms with Gasteiger partial charge in [-0.15, -0.1) is 0 Å². The van der Waals surface area contributed by atoms with Gasteiger partial charge in [-0.05, 0) is 36.2 Å². The summed E-state index contributed by atoms with van der Waals surface area (Å²) in [4.78, 5) is 27.2. The highest BCUT2D eigenvalue weighted by molar-refractivity contribution is 7.89. The van der Waals surface area contributed by atoms with E-state index in [1.165, 1.54) is 26.4 Å². The van der Waals surface area contributed by atoms with Gasteiger partial charge in [-0.25, -0.2) is 12.7 Å². The number of rotatable bonds is 7. The number of hydrogen-bond acceptors (Lipinski definition) is 4. The van der Waals surface area contributed by atoms with E-state index < -0.39 is 15.6 Å². The molecule has 0 N–H and O–H groups in total. The Labute approximate surface area is 182 Å². The minimum absolute atomic E-state index is 0.0462. The van der Waals surface area contributed by atoms with E-state index in [2.05, 4.69) is 0 Å². The molecule has 31 heavy (non-hydrogen) atoms. The predicted octanol–water partition coefficient (Wildman–Crippen LogP) is 2.64. The molecule has 1 heterocycles. The first-order valence-corrected chi connectivity index (χ1v) is 11.2. The van der Waals surface area contributed by atoms with Crippen LogP contribution in [-0.4, -0.2) is 37.3 Å². The molecule has 0 aliphatic heterocycles. The van der Waals surface area contributed by atoms with Crippen molar-refractivity contribution in [3.8, 4) is 0 Å². The average Bonchev–Trinajstić information content (AvgIpc) is 2.74. The number of amides is 1. The standard InChI is InChI=1S/C23H25N3O4S/c1-18-8-7-11-20(14-18)26(15-19-9-5-4-6-10-19)23(28)17-25-16-21(12-13-22(25)27)31(29,30)24(2)3/h4-14,16H,15,17H2,1-3H3. The van der Waals surface area contributed by atoms with E-state index >= 15 is 0 Å². The molecule has 0 radical (unpaired) electrons. The molecular formula is C23H25N3O4S. The molecule has 162 valence electrons. The molecule has 0 atom stereocenters. The Morgan fingerprint density at radius 3 is 2.32 bits per heavy atom. The van der Waals surface area contributed by atoms with Crippen molar-refractivity contribution in [2.45, 2.75) is 24.9 Å². The van der Waals surface area contributed by atoms with Crippen LogP contribution in [0.1, 0.15) is 11.1 Å². The van der Waals surface area contributed by atoms with Crippen molar-refractivity contribution < 1.29 is 13.2 Å². The van der Waals surface area contributed by atoms with Crippen molar-refractivity contribution >= 4 is 21.6 Å². The SMILES string of the molecule is Cc1cccc(N(Cc2ccccc2)C(=O)Cn2cc(S(=O)(=O)N(C)C)ccc2=O)c1. The normalized spacial score (nSPS) is 11.5. The smallest absolute Gasteiger partial charge is 0.251 e. The highest BCUT2D eigenvalue weighted by Gasteiger charge is 2.21. The van der Waals surface area contributed by atoms with Crippen LogP contribution in [0, 0.1) is 6.92 Å². The Morgan fingerprint density at radius 1 is 0.968 bits per heavy atom. The van der Waals surface area contributed by atoms with Crippen LogP contribution in [0.3, 0.4) is 0 Å². The molecule has 3 aromatic rings. The molecule has 7 nitrogen and oxygen atoms in total. The fourth-order valence-electron chi connectivity index (χ4n) is 3.11. The van der Waals surface area contributed by atoms with Crippen molar-refractivity contribution in [3.63, 3.8) is 0 Å². The van der Waals surface area contributed by atoms with Crippen LogP contribution < -0.4 is 10.5 Å². The van der Waals surface area contributed by atoms with Gasteiger partial charge in [-0.1, -0.05) is 42.5 Å². The van der Waals surface area contributed by atoms with Crippen LogP contribution in [0.5, 0.6) is 0 Å². The average molecular weight is 440 g/mol. The van der Waals surface area contributed by atoms with Gasteiger partial charge in [-0.2, -0.15) is 0 Å². The molecule has 2 aromatic carbocycles. The van der Waals surface area contributed by atoms with E-state index in [9.17, 15) is 18.0 Å². The van der Waals surface area contributed by atoms with Gasteiger partial charge in [0, 0.05) is 32.0 Å². The lowest BCUT2D eigenvalue weighted by Crippen LogP contribution is -2.36. The van der Waals surface area contributed by atoms with Crippen molar-refractivity contribution in [2.75, 3.05) is 19.0 Å². The summed E-state index contributed by atoms with van der Waals surface area (Å²) in [6, 6.07) is 19.5. The van der Waals surface area contributed by atoms with Crippen LogP contribution in [-0.2, 0) is 27.9 Å². The number of carbonyl (C=O) groups excluding carboxylic acids is 1. The molecule has 0 bridgehead atoms. The number of carbonyl (C=O) groups is 1. The fourth-order valence-corrected chi connectivity index (χ4v) is 4.03. The van der Waals surface area contributed by atoms with Crippen LogP contribution >= 0.6 is 0 Å². The van der Waals surface area contributed by atoms with Crippen molar-refractivity contribution in [2.24, 2.45) is 0 Å². The summed E-state index contributed by atoms with van der Waals surface area (Å²) in [5, 5.41) is 0. The molecular weight excluding hydrogens is 414 g/mol. The second-order valence-corrected chi connectivity index (χ2v) is 9.57. The van der Waals surface area contributed by atoms with Gasteiger partial charge in [0.15, 0.2) is 0 Å². The second kappa shape index (κ2) is 9.28. The minimum Gasteiger partial charge on any atom is -0.306 e. The quantitative estimate of drug-likeness (QED) is 0.567. The Morgan fingerprint density at radius 2 is 1.68 bits per heavy atom. The van der Waals surface area contributed by atoms with Gasteiger partial charge in [0.1, 0.15) is 6.54 Å². The van der Waals surface area contributed by atoms with Crippen LogP contribution in [0.15, 0.2) is 82.6 Å². The maximum Gasteiger partial charge on any atom is 0.251 e. The number of benzene rings is 2. The molecule has 0 saturated carbocycles. The first kappa shape index (κ1) is 22.5. The van der Waals surface area contributed by atoms with Gasteiger partial charge in [0.25, 0.3) is 5.56 Å². The Balaban J connectivity index is 1.96. The second-order valence-electron chi connectivity index (χ2n) is 7.42. The highest BCUT2D eigenvalue weighted by Crippen LogP contribution is 2.20. The number of aromatic nitrogens is 1. The largest absolute Gasteiger partial charge is 0.306 e. The summed E-state index contributed by atoms with van der Waals surface area (Å²) >= 11 is 0. The summed E-state index contributed by atoms with van der Waals surface area (Å²) in [5.41, 5.74) is 2.20. The molecule has 0 saturated heterocycles. The lowest BCUT2D eigenvalue weighted by Gasteiger charge is -2.24. The lowest BCUT2D eigenvalue weighted by molar-refractivity contribution is -0.119. The van der Waals surface area contributed by atoms with Crippen molar-refractivity contribution in [3.05, 3.63) is 94.4 Å². The zero-order valence-corrected chi connectivity index (χ0v) is 18.5. The first-order chi connectivity index (χ1) is 14.7. The number of aryl methyl sites for hydroxylation is 1. The molecule has 0 aliphatic rings. The van der Waals surface area contributed by atoms with E-state index in [-0.39, 0.29) is 17.3 Å². The topological polar surface area (TPSA) is 79.7 Å². The van der Waals surface area contributed by atoms with E-state index in [1.807, 2.05) is 61.5 Å². The molecule has 3 rings (SSSR count). The van der Waals surface area contributed by atoms with Crippen molar-refractivity contribution in [1.82, 2.24) is 8.87 Å². The number of pyridine rings is 1. The zero-order valence-electron chi connectivity index (χ0n) is 17.7. The molecule has 1 aromatic heterocycles. The summed E-state index contributed by atoms with van der Waals surface area (Å²) in [6.07, 6.45) is 1.21. The summed E-state index contributed by atoms with van der Waals surface area (Å²) < 4.78 is 27.1. The molecule has 0 unspecified atom stereocenters. The molecule has 0 aliphatic carbocycles. The zero-order chi connectivity index (χ0) is 22.6. The van der Waals surface area contributed by atoms with Crippen LogP contribution in [0.4, 0.5) is 5.69 Å². The molecule has 1 amide bonds. The van der Waals surface area contributed by atoms with E-state index in [0.29, 0.717) is 12.2 Å². The van der Waals surface area contributed by atoms with Gasteiger partial charge < -0.3 is 9.47 Å². The molecule has 0 spiro atoms. The Hall–Kier alpha value is -3.23. The fraction of sp³-hybridized carbons (Fsp3) is 0.217. The number of hydrogen-bond donors (Lipinski definition) is 0. The number of sulfonamides is 1.